The molecule has 11 heteroatoms. The quantitative estimate of drug-likeness (QED) is 0.434. The van der Waals surface area contributed by atoms with Crippen LogP contribution in [-0.2, 0) is 11.2 Å². The number of carbonyl (C=O) groups is 2. The van der Waals surface area contributed by atoms with Crippen molar-refractivity contribution >= 4 is 35.2 Å². The highest BCUT2D eigenvalue weighted by Gasteiger charge is 2.55. The number of anilines is 2. The molecule has 35 heavy (non-hydrogen) atoms. The predicted molar refractivity (Wildman–Crippen MR) is 130 cm³/mol. The number of likely N-dealkylation sites (tertiary alicyclic amines) is 1. The number of hydrogen-bond donors (Lipinski definition) is 3. The van der Waals surface area contributed by atoms with Crippen LogP contribution >= 0.6 is 11.6 Å². The third-order valence-corrected chi connectivity index (χ3v) is 7.29. The second kappa shape index (κ2) is 9.18. The molecule has 4 N–H and O–H groups in total. The number of primary amides is 1. The van der Waals surface area contributed by atoms with E-state index in [1.165, 1.54) is 11.1 Å². The number of nitrogens with one attached hydrogen (secondary N) is 1. The van der Waals surface area contributed by atoms with Gasteiger partial charge in [-0.3, -0.25) is 9.48 Å². The Morgan fingerprint density at radius 3 is 2.69 bits per heavy atom. The van der Waals surface area contributed by atoms with Crippen LogP contribution in [0.1, 0.15) is 42.5 Å². The fraction of sp³-hybridized carbons (Fsp3) is 0.375. The molecule has 3 aromatic rings. The Balaban J connectivity index is 1.39. The molecule has 2 aliphatic rings. The first-order valence-electron chi connectivity index (χ1n) is 11.5. The molecule has 10 nitrogen and oxygen atoms in total. The van der Waals surface area contributed by atoms with E-state index in [1.807, 2.05) is 30.3 Å². The van der Waals surface area contributed by atoms with Crippen LogP contribution in [0.15, 0.2) is 48.9 Å². The summed E-state index contributed by atoms with van der Waals surface area (Å²) in [6, 6.07) is 9.88. The van der Waals surface area contributed by atoms with E-state index in [2.05, 4.69) is 15.4 Å². The molecule has 1 aliphatic carbocycles. The highest BCUT2D eigenvalue weighted by Crippen LogP contribution is 2.57. The van der Waals surface area contributed by atoms with E-state index in [0.29, 0.717) is 61.1 Å². The van der Waals surface area contributed by atoms with E-state index >= 15 is 0 Å². The van der Waals surface area contributed by atoms with Crippen LogP contribution in [-0.4, -0.2) is 54.8 Å². The van der Waals surface area contributed by atoms with Gasteiger partial charge in [0.05, 0.1) is 40.3 Å². The Morgan fingerprint density at radius 2 is 2.03 bits per heavy atom. The van der Waals surface area contributed by atoms with Gasteiger partial charge in [0.15, 0.2) is 0 Å². The summed E-state index contributed by atoms with van der Waals surface area (Å²) in [5.74, 6) is -0.279. The first-order valence-corrected chi connectivity index (χ1v) is 11.9. The van der Waals surface area contributed by atoms with Gasteiger partial charge in [-0.25, -0.2) is 14.8 Å². The number of carboxylic acid groups (broad SMARTS) is 1. The smallest absolute Gasteiger partial charge is 0.407 e. The summed E-state index contributed by atoms with van der Waals surface area (Å²) in [5, 5.41) is 17.1. The molecule has 1 saturated carbocycles. The molecule has 1 aliphatic heterocycles. The molecule has 2 unspecified atom stereocenters. The zero-order chi connectivity index (χ0) is 24.6. The molecule has 1 aromatic carbocycles. The SMILES string of the molecule is NC(=O)C1(C(Cc2ccccc2)c2nc(Nc3cnn(C4CCN(C(=O)O)C4)c3)ncc2Cl)CC1. The van der Waals surface area contributed by atoms with Gasteiger partial charge < -0.3 is 21.1 Å². The summed E-state index contributed by atoms with van der Waals surface area (Å²) in [6.07, 6.45) is 6.75. The molecule has 0 spiro atoms. The maximum atomic E-state index is 12.4. The van der Waals surface area contributed by atoms with Gasteiger partial charge in [0, 0.05) is 25.2 Å². The van der Waals surface area contributed by atoms with Crippen molar-refractivity contribution in [3.05, 3.63) is 65.2 Å². The van der Waals surface area contributed by atoms with Gasteiger partial charge >= 0.3 is 6.09 Å². The standard InChI is InChI=1S/C24H26ClN7O3/c25-19-12-27-22(29-16-11-28-32(13-16)17-6-9-31(14-17)23(34)35)30-20(19)18(24(7-8-24)21(26)33)10-15-4-2-1-3-5-15/h1-5,11-13,17-18H,6-10,14H2,(H2,26,33)(H,34,35)(H,27,29,30). The summed E-state index contributed by atoms with van der Waals surface area (Å²) in [6.45, 7) is 0.880. The number of aromatic nitrogens is 4. The van der Waals surface area contributed by atoms with Crippen molar-refractivity contribution < 1.29 is 14.7 Å². The molecule has 0 bridgehead atoms. The number of hydrogen-bond acceptors (Lipinski definition) is 6. The first kappa shape index (κ1) is 23.1. The van der Waals surface area contributed by atoms with Crippen LogP contribution in [0.4, 0.5) is 16.4 Å². The van der Waals surface area contributed by atoms with Gasteiger partial charge in [-0.15, -0.1) is 0 Å². The minimum atomic E-state index is -0.922. The van der Waals surface area contributed by atoms with Crippen molar-refractivity contribution in [3.63, 3.8) is 0 Å². The molecule has 2 fully saturated rings. The Hall–Kier alpha value is -3.66. The van der Waals surface area contributed by atoms with E-state index in [-0.39, 0.29) is 17.9 Å². The lowest BCUT2D eigenvalue weighted by molar-refractivity contribution is -0.123. The molecule has 5 rings (SSSR count). The van der Waals surface area contributed by atoms with Crippen LogP contribution in [0.3, 0.4) is 0 Å². The zero-order valence-corrected chi connectivity index (χ0v) is 19.7. The van der Waals surface area contributed by atoms with Crippen molar-refractivity contribution in [2.24, 2.45) is 11.1 Å². The molecular weight excluding hydrogens is 470 g/mol. The van der Waals surface area contributed by atoms with Gasteiger partial charge in [-0.2, -0.15) is 5.10 Å². The summed E-state index contributed by atoms with van der Waals surface area (Å²) in [5.41, 5.74) is 7.49. The topological polar surface area (TPSA) is 139 Å². The Labute approximate surface area is 207 Å². The van der Waals surface area contributed by atoms with Crippen LogP contribution in [0.5, 0.6) is 0 Å². The zero-order valence-electron chi connectivity index (χ0n) is 19.0. The summed E-state index contributed by atoms with van der Waals surface area (Å²) >= 11 is 6.55. The minimum absolute atomic E-state index is 0.0242. The average Bonchev–Trinajstić information content (AvgIpc) is 3.27. The lowest BCUT2D eigenvalue weighted by Gasteiger charge is -2.25. The van der Waals surface area contributed by atoms with Gasteiger partial charge in [0.2, 0.25) is 11.9 Å². The van der Waals surface area contributed by atoms with Gasteiger partial charge in [-0.1, -0.05) is 41.9 Å². The summed E-state index contributed by atoms with van der Waals surface area (Å²) < 4.78 is 1.76. The third kappa shape index (κ3) is 4.66. The van der Waals surface area contributed by atoms with Crippen LogP contribution in [0.25, 0.3) is 0 Å². The van der Waals surface area contributed by atoms with Crippen LogP contribution < -0.4 is 11.1 Å². The Bertz CT molecular complexity index is 1240. The lowest BCUT2D eigenvalue weighted by Crippen LogP contribution is -2.32. The molecule has 1 saturated heterocycles. The normalized spacial score (nSPS) is 19.3. The Kier molecular flexibility index (Phi) is 6.06. The van der Waals surface area contributed by atoms with Crippen molar-refractivity contribution in [1.29, 1.82) is 0 Å². The molecule has 2 atom stereocenters. The van der Waals surface area contributed by atoms with Gasteiger partial charge in [0.1, 0.15) is 0 Å². The minimum Gasteiger partial charge on any atom is -0.465 e. The number of benzene rings is 1. The molecule has 3 heterocycles. The van der Waals surface area contributed by atoms with Crippen molar-refractivity contribution in [1.82, 2.24) is 24.6 Å². The second-order valence-corrected chi connectivity index (χ2v) is 9.60. The summed E-state index contributed by atoms with van der Waals surface area (Å²) in [4.78, 5) is 34.0. The van der Waals surface area contributed by atoms with Crippen molar-refractivity contribution in [2.75, 3.05) is 18.4 Å². The van der Waals surface area contributed by atoms with Gasteiger partial charge in [-0.05, 0) is 31.2 Å². The molecule has 0 radical (unpaired) electrons. The van der Waals surface area contributed by atoms with Crippen molar-refractivity contribution in [3.8, 4) is 0 Å². The van der Waals surface area contributed by atoms with E-state index in [1.54, 1.807) is 17.1 Å². The molecular formula is C24H26ClN7O3. The number of nitrogens with two attached hydrogens (primary N) is 1. The first-order chi connectivity index (χ1) is 16.9. The molecule has 2 aromatic heterocycles. The maximum absolute atomic E-state index is 12.4. The number of carbonyl (C=O) groups excluding carboxylic acids is 1. The largest absolute Gasteiger partial charge is 0.465 e. The number of amides is 2. The monoisotopic (exact) mass is 495 g/mol. The number of halogens is 1. The highest BCUT2D eigenvalue weighted by molar-refractivity contribution is 6.31. The van der Waals surface area contributed by atoms with E-state index < -0.39 is 11.5 Å². The van der Waals surface area contributed by atoms with E-state index in [0.717, 1.165) is 5.56 Å². The molecule has 182 valence electrons. The fourth-order valence-corrected chi connectivity index (χ4v) is 5.08. The predicted octanol–water partition coefficient (Wildman–Crippen LogP) is 3.59. The van der Waals surface area contributed by atoms with E-state index in [4.69, 9.17) is 22.3 Å². The van der Waals surface area contributed by atoms with E-state index in [9.17, 15) is 14.7 Å². The average molecular weight is 496 g/mol. The fourth-order valence-electron chi connectivity index (χ4n) is 4.85. The lowest BCUT2D eigenvalue weighted by atomic mass is 9.81. The van der Waals surface area contributed by atoms with Crippen LogP contribution in [0.2, 0.25) is 5.02 Å². The highest BCUT2D eigenvalue weighted by atomic mass is 35.5. The third-order valence-electron chi connectivity index (χ3n) is 7.00. The maximum Gasteiger partial charge on any atom is 0.407 e. The van der Waals surface area contributed by atoms with Crippen molar-refractivity contribution in [2.45, 2.75) is 37.6 Å². The number of rotatable bonds is 8. The Morgan fingerprint density at radius 1 is 1.26 bits per heavy atom. The van der Waals surface area contributed by atoms with Gasteiger partial charge in [0.25, 0.3) is 0 Å². The second-order valence-electron chi connectivity index (χ2n) is 9.19. The van der Waals surface area contributed by atoms with Crippen LogP contribution in [0, 0.1) is 5.41 Å². The summed E-state index contributed by atoms with van der Waals surface area (Å²) in [7, 11) is 0. The number of nitrogens with zero attached hydrogens (tertiary/aromatic N) is 5. The molecule has 2 amide bonds.